The average Bonchev–Trinajstić information content (AvgIpc) is 3.16. The molecule has 4 rings (SSSR count). The van der Waals surface area contributed by atoms with E-state index in [9.17, 15) is 24.5 Å². The van der Waals surface area contributed by atoms with Crippen LogP contribution >= 0.6 is 11.3 Å². The number of imidazole rings is 1. The monoisotopic (exact) mass is 385 g/mol. The van der Waals surface area contributed by atoms with E-state index in [-0.39, 0.29) is 26.3 Å². The number of nitrogens with zero attached hydrogens (tertiary/aromatic N) is 5. The lowest BCUT2D eigenvalue weighted by atomic mass is 10.2. The molecule has 10 nitrogen and oxygen atoms in total. The summed E-state index contributed by atoms with van der Waals surface area (Å²) < 4.78 is 3.57. The molecule has 4 aromatic rings. The first-order valence-electron chi connectivity index (χ1n) is 7.66. The van der Waals surface area contributed by atoms with Gasteiger partial charge in [0.15, 0.2) is 16.1 Å². The summed E-state index contributed by atoms with van der Waals surface area (Å²) in [6.45, 7) is 0. The standard InChI is InChI=1S/C16H11N5O5S/c1-18-12-11(14(23)19(2)16(18)24)20-13(22)10(27-15(20)17-12)7-8-4-3-5-9(6-8)21(25)26/h3-7H,1-2H3/b10-7-. The van der Waals surface area contributed by atoms with E-state index < -0.39 is 21.7 Å². The van der Waals surface area contributed by atoms with E-state index in [4.69, 9.17) is 0 Å². The van der Waals surface area contributed by atoms with Gasteiger partial charge < -0.3 is 0 Å². The fourth-order valence-corrected chi connectivity index (χ4v) is 3.82. The van der Waals surface area contributed by atoms with E-state index in [1.807, 2.05) is 0 Å². The highest BCUT2D eigenvalue weighted by Gasteiger charge is 2.18. The fraction of sp³-hybridized carbons (Fsp3) is 0.125. The van der Waals surface area contributed by atoms with Gasteiger partial charge in [0.25, 0.3) is 16.8 Å². The highest BCUT2D eigenvalue weighted by atomic mass is 32.1. The molecule has 0 saturated heterocycles. The molecule has 0 amide bonds. The molecular formula is C16H11N5O5S. The predicted octanol–water partition coefficient (Wildman–Crippen LogP) is -0.238. The lowest BCUT2D eigenvalue weighted by Gasteiger charge is -2.01. The van der Waals surface area contributed by atoms with Crippen LogP contribution in [0, 0.1) is 10.1 Å². The minimum Gasteiger partial charge on any atom is -0.279 e. The molecule has 0 atom stereocenters. The van der Waals surface area contributed by atoms with Gasteiger partial charge in [0, 0.05) is 26.2 Å². The third-order valence-electron chi connectivity index (χ3n) is 4.22. The van der Waals surface area contributed by atoms with E-state index in [0.29, 0.717) is 5.56 Å². The van der Waals surface area contributed by atoms with Gasteiger partial charge in [0.1, 0.15) is 0 Å². The number of thiazole rings is 1. The van der Waals surface area contributed by atoms with Gasteiger partial charge in [0.2, 0.25) is 0 Å². The average molecular weight is 385 g/mol. The second-order valence-electron chi connectivity index (χ2n) is 5.88. The Morgan fingerprint density at radius 1 is 1.15 bits per heavy atom. The fourth-order valence-electron chi connectivity index (χ4n) is 2.86. The highest BCUT2D eigenvalue weighted by Crippen LogP contribution is 2.14. The smallest absolute Gasteiger partial charge is 0.279 e. The predicted molar refractivity (Wildman–Crippen MR) is 99.2 cm³/mol. The quantitative estimate of drug-likeness (QED) is 0.347. The van der Waals surface area contributed by atoms with Crippen molar-refractivity contribution in [3.63, 3.8) is 0 Å². The van der Waals surface area contributed by atoms with Gasteiger partial charge in [0.05, 0.1) is 9.46 Å². The number of benzene rings is 1. The Balaban J connectivity index is 2.06. The maximum atomic E-state index is 12.8. The number of hydrogen-bond donors (Lipinski definition) is 0. The van der Waals surface area contributed by atoms with Crippen LogP contribution < -0.4 is 21.3 Å². The van der Waals surface area contributed by atoms with Crippen LogP contribution in [-0.2, 0) is 14.1 Å². The van der Waals surface area contributed by atoms with Crippen molar-refractivity contribution in [2.24, 2.45) is 14.1 Å². The van der Waals surface area contributed by atoms with Crippen LogP contribution in [-0.4, -0.2) is 23.4 Å². The molecule has 27 heavy (non-hydrogen) atoms. The number of nitro benzene ring substituents is 1. The number of nitro groups is 1. The van der Waals surface area contributed by atoms with Crippen LogP contribution in [0.2, 0.25) is 0 Å². The van der Waals surface area contributed by atoms with Gasteiger partial charge in [-0.2, -0.15) is 4.98 Å². The van der Waals surface area contributed by atoms with Crippen LogP contribution in [0.5, 0.6) is 0 Å². The highest BCUT2D eigenvalue weighted by molar-refractivity contribution is 7.15. The van der Waals surface area contributed by atoms with E-state index in [0.717, 1.165) is 15.9 Å². The molecule has 0 N–H and O–H groups in total. The number of rotatable bonds is 2. The first-order valence-corrected chi connectivity index (χ1v) is 8.48. The third kappa shape index (κ3) is 2.39. The van der Waals surface area contributed by atoms with Gasteiger partial charge in [-0.05, 0) is 11.6 Å². The van der Waals surface area contributed by atoms with Gasteiger partial charge in [-0.1, -0.05) is 23.5 Å². The van der Waals surface area contributed by atoms with E-state index >= 15 is 0 Å². The summed E-state index contributed by atoms with van der Waals surface area (Å²) in [7, 11) is 2.80. The van der Waals surface area contributed by atoms with Gasteiger partial charge in [-0.15, -0.1) is 0 Å². The van der Waals surface area contributed by atoms with Crippen LogP contribution in [0.25, 0.3) is 22.2 Å². The molecule has 1 aromatic carbocycles. The largest absolute Gasteiger partial charge is 0.332 e. The van der Waals surface area contributed by atoms with E-state index in [1.165, 1.54) is 47.3 Å². The molecule has 3 aromatic heterocycles. The van der Waals surface area contributed by atoms with Gasteiger partial charge >= 0.3 is 5.69 Å². The van der Waals surface area contributed by atoms with E-state index in [1.54, 1.807) is 6.07 Å². The minimum atomic E-state index is -0.614. The number of aromatic nitrogens is 4. The summed E-state index contributed by atoms with van der Waals surface area (Å²) in [4.78, 5) is 52.2. The Kier molecular flexibility index (Phi) is 3.56. The molecule has 3 heterocycles. The molecule has 11 heteroatoms. The molecule has 0 saturated carbocycles. The zero-order valence-corrected chi connectivity index (χ0v) is 14.9. The zero-order valence-electron chi connectivity index (χ0n) is 14.1. The summed E-state index contributed by atoms with van der Waals surface area (Å²) in [5.74, 6) is 0. The lowest BCUT2D eigenvalue weighted by molar-refractivity contribution is -0.384. The molecule has 0 aliphatic rings. The van der Waals surface area contributed by atoms with E-state index in [2.05, 4.69) is 4.98 Å². The number of non-ortho nitro benzene ring substituents is 1. The Morgan fingerprint density at radius 3 is 2.59 bits per heavy atom. The van der Waals surface area contributed by atoms with Crippen LogP contribution in [0.15, 0.2) is 38.6 Å². The molecule has 0 spiro atoms. The van der Waals surface area contributed by atoms with Crippen molar-refractivity contribution in [1.82, 2.24) is 18.5 Å². The van der Waals surface area contributed by atoms with Crippen molar-refractivity contribution < 1.29 is 4.92 Å². The molecular weight excluding hydrogens is 374 g/mol. The molecule has 136 valence electrons. The zero-order chi connectivity index (χ0) is 19.5. The van der Waals surface area contributed by atoms with Crippen molar-refractivity contribution in [2.45, 2.75) is 0 Å². The molecule has 0 aliphatic carbocycles. The van der Waals surface area contributed by atoms with Crippen LogP contribution in [0.4, 0.5) is 5.69 Å². The summed E-state index contributed by atoms with van der Waals surface area (Å²) in [5, 5.41) is 10.9. The van der Waals surface area contributed by atoms with Crippen molar-refractivity contribution in [2.75, 3.05) is 0 Å². The normalized spacial score (nSPS) is 12.3. The van der Waals surface area contributed by atoms with Gasteiger partial charge in [-0.3, -0.25) is 28.8 Å². The van der Waals surface area contributed by atoms with Crippen LogP contribution in [0.3, 0.4) is 0 Å². The summed E-state index contributed by atoms with van der Waals surface area (Å²) in [5.41, 5.74) is -1.07. The van der Waals surface area contributed by atoms with Crippen molar-refractivity contribution in [3.05, 3.63) is 75.7 Å². The summed E-state index contributed by atoms with van der Waals surface area (Å²) in [6, 6.07) is 5.86. The molecule has 0 radical (unpaired) electrons. The maximum Gasteiger partial charge on any atom is 0.332 e. The first kappa shape index (κ1) is 16.8. The Labute approximate surface area is 153 Å². The minimum absolute atomic E-state index is 0.0227. The summed E-state index contributed by atoms with van der Waals surface area (Å²) in [6.07, 6.45) is 1.51. The Hall–Kier alpha value is -3.60. The SMILES string of the molecule is Cn1c(=O)c2c(nc3s/c(=C\c4cccc([N+](=O)[O-])c4)c(=O)n32)n(C)c1=O. The second kappa shape index (κ2) is 5.71. The van der Waals surface area contributed by atoms with Crippen molar-refractivity contribution in [3.8, 4) is 0 Å². The number of fused-ring (bicyclic) bond motifs is 3. The second-order valence-corrected chi connectivity index (χ2v) is 6.88. The molecule has 0 aliphatic heterocycles. The molecule has 0 fully saturated rings. The van der Waals surface area contributed by atoms with Gasteiger partial charge in [-0.25, -0.2) is 9.20 Å². The maximum absolute atomic E-state index is 12.8. The Bertz CT molecular complexity index is 1490. The topological polar surface area (TPSA) is 122 Å². The third-order valence-corrected chi connectivity index (χ3v) is 5.19. The molecule has 0 bridgehead atoms. The molecule has 0 unspecified atom stereocenters. The number of aryl methyl sites for hydroxylation is 1. The summed E-state index contributed by atoms with van der Waals surface area (Å²) >= 11 is 1.04. The first-order chi connectivity index (χ1) is 12.8. The number of hydrogen-bond acceptors (Lipinski definition) is 7. The Morgan fingerprint density at radius 2 is 1.89 bits per heavy atom. The lowest BCUT2D eigenvalue weighted by Crippen LogP contribution is -2.38. The van der Waals surface area contributed by atoms with Crippen molar-refractivity contribution >= 4 is 39.2 Å². The van der Waals surface area contributed by atoms with Crippen LogP contribution in [0.1, 0.15) is 5.56 Å². The van der Waals surface area contributed by atoms with Crippen molar-refractivity contribution in [1.29, 1.82) is 0 Å².